The van der Waals surface area contributed by atoms with Gasteiger partial charge in [-0.25, -0.2) is 0 Å². The van der Waals surface area contributed by atoms with E-state index in [4.69, 9.17) is 4.74 Å². The number of nitrogens with one attached hydrogen (secondary N) is 1. The third kappa shape index (κ3) is 3.57. The van der Waals surface area contributed by atoms with Gasteiger partial charge in [-0.15, -0.1) is 10.2 Å². The molecule has 0 saturated heterocycles. The van der Waals surface area contributed by atoms with E-state index in [1.54, 1.807) is 0 Å². The summed E-state index contributed by atoms with van der Waals surface area (Å²) < 4.78 is 8.45. The fourth-order valence-corrected chi connectivity index (χ4v) is 3.37. The molecule has 5 nitrogen and oxygen atoms in total. The number of benzene rings is 2. The summed E-state index contributed by atoms with van der Waals surface area (Å²) in [5, 5.41) is 12.2. The Hall–Kier alpha value is -2.82. The smallest absolute Gasteiger partial charge is 0.152 e. The molecular weight excluding hydrogens is 324 g/mol. The SMILES string of the molecule is C[C@H](Oc1ccccc1NCc1nnc2n1CCCC2)c1ccccc1. The van der Waals surface area contributed by atoms with Crippen molar-refractivity contribution < 1.29 is 4.74 Å². The van der Waals surface area contributed by atoms with Gasteiger partial charge < -0.3 is 14.6 Å². The van der Waals surface area contributed by atoms with Gasteiger partial charge in [-0.1, -0.05) is 42.5 Å². The van der Waals surface area contributed by atoms with Crippen molar-refractivity contribution >= 4 is 5.69 Å². The average Bonchev–Trinajstić information content (AvgIpc) is 3.11. The third-order valence-electron chi connectivity index (χ3n) is 4.83. The number of aryl methyl sites for hydroxylation is 1. The first-order valence-electron chi connectivity index (χ1n) is 9.27. The molecule has 2 heterocycles. The molecule has 0 unspecified atom stereocenters. The molecule has 1 N–H and O–H groups in total. The maximum absolute atomic E-state index is 6.21. The Morgan fingerprint density at radius 1 is 1.04 bits per heavy atom. The van der Waals surface area contributed by atoms with Crippen molar-refractivity contribution in [3.8, 4) is 5.75 Å². The van der Waals surface area contributed by atoms with Crippen molar-refractivity contribution in [1.29, 1.82) is 0 Å². The average molecular weight is 348 g/mol. The summed E-state index contributed by atoms with van der Waals surface area (Å²) >= 11 is 0. The second kappa shape index (κ2) is 7.60. The van der Waals surface area contributed by atoms with Crippen molar-refractivity contribution in [2.75, 3.05) is 5.32 Å². The summed E-state index contributed by atoms with van der Waals surface area (Å²) in [5.74, 6) is 2.95. The summed E-state index contributed by atoms with van der Waals surface area (Å²) in [6.45, 7) is 3.73. The zero-order chi connectivity index (χ0) is 17.8. The van der Waals surface area contributed by atoms with Gasteiger partial charge in [0.25, 0.3) is 0 Å². The van der Waals surface area contributed by atoms with E-state index >= 15 is 0 Å². The lowest BCUT2D eigenvalue weighted by molar-refractivity contribution is 0.228. The Labute approximate surface area is 154 Å². The van der Waals surface area contributed by atoms with Crippen molar-refractivity contribution in [2.24, 2.45) is 0 Å². The molecule has 1 aliphatic heterocycles. The molecule has 0 fully saturated rings. The maximum Gasteiger partial charge on any atom is 0.152 e. The number of aromatic nitrogens is 3. The molecule has 1 aliphatic rings. The lowest BCUT2D eigenvalue weighted by Gasteiger charge is -2.19. The standard InChI is InChI=1S/C21H24N4O/c1-16(17-9-3-2-4-10-17)26-19-12-6-5-11-18(19)22-15-21-24-23-20-13-7-8-14-25(20)21/h2-6,9-12,16,22H,7-8,13-15H2,1H3/t16-/m0/s1. The van der Waals surface area contributed by atoms with Crippen molar-refractivity contribution in [3.05, 3.63) is 71.8 Å². The van der Waals surface area contributed by atoms with E-state index in [2.05, 4.69) is 39.1 Å². The van der Waals surface area contributed by atoms with E-state index < -0.39 is 0 Å². The van der Waals surface area contributed by atoms with Gasteiger partial charge in [0.15, 0.2) is 5.82 Å². The molecular formula is C21H24N4O. The van der Waals surface area contributed by atoms with Gasteiger partial charge in [-0.3, -0.25) is 0 Å². The number of para-hydroxylation sites is 2. The van der Waals surface area contributed by atoms with Crippen molar-refractivity contribution in [3.63, 3.8) is 0 Å². The summed E-state index contributed by atoms with van der Waals surface area (Å²) in [7, 11) is 0. The summed E-state index contributed by atoms with van der Waals surface area (Å²) in [6, 6.07) is 18.3. The van der Waals surface area contributed by atoms with Gasteiger partial charge in [-0.05, 0) is 37.5 Å². The van der Waals surface area contributed by atoms with Gasteiger partial charge in [-0.2, -0.15) is 0 Å². The summed E-state index contributed by atoms with van der Waals surface area (Å²) in [5.41, 5.74) is 2.14. The fourth-order valence-electron chi connectivity index (χ4n) is 3.37. The minimum absolute atomic E-state index is 0.0139. The zero-order valence-corrected chi connectivity index (χ0v) is 15.1. The number of rotatable bonds is 6. The summed E-state index contributed by atoms with van der Waals surface area (Å²) in [4.78, 5) is 0. The predicted octanol–water partition coefficient (Wildman–Crippen LogP) is 4.37. The highest BCUT2D eigenvalue weighted by molar-refractivity contribution is 5.56. The van der Waals surface area contributed by atoms with Gasteiger partial charge in [0.05, 0.1) is 12.2 Å². The highest BCUT2D eigenvalue weighted by atomic mass is 16.5. The Kier molecular flexibility index (Phi) is 4.86. The van der Waals surface area contributed by atoms with Crippen LogP contribution < -0.4 is 10.1 Å². The topological polar surface area (TPSA) is 52.0 Å². The minimum Gasteiger partial charge on any atom is -0.484 e. The van der Waals surface area contributed by atoms with Crippen molar-refractivity contribution in [1.82, 2.24) is 14.8 Å². The molecule has 0 saturated carbocycles. The zero-order valence-electron chi connectivity index (χ0n) is 15.1. The Morgan fingerprint density at radius 2 is 1.85 bits per heavy atom. The predicted molar refractivity (Wildman–Crippen MR) is 102 cm³/mol. The molecule has 3 aromatic rings. The monoisotopic (exact) mass is 348 g/mol. The summed E-state index contributed by atoms with van der Waals surface area (Å²) in [6.07, 6.45) is 3.42. The van der Waals surface area contributed by atoms with Crippen LogP contribution in [0.1, 0.15) is 43.1 Å². The van der Waals surface area contributed by atoms with Gasteiger partial charge in [0.1, 0.15) is 17.7 Å². The normalized spacial score (nSPS) is 14.5. The number of hydrogen-bond donors (Lipinski definition) is 1. The van der Waals surface area contributed by atoms with Crippen LogP contribution in [0.5, 0.6) is 5.75 Å². The van der Waals surface area contributed by atoms with Crippen LogP contribution in [-0.2, 0) is 19.5 Å². The lowest BCUT2D eigenvalue weighted by atomic mass is 10.1. The quantitative estimate of drug-likeness (QED) is 0.719. The lowest BCUT2D eigenvalue weighted by Crippen LogP contribution is -2.15. The molecule has 0 bridgehead atoms. The molecule has 0 spiro atoms. The number of fused-ring (bicyclic) bond motifs is 1. The van der Waals surface area contributed by atoms with Crippen LogP contribution in [-0.4, -0.2) is 14.8 Å². The molecule has 0 aliphatic carbocycles. The number of ether oxygens (including phenoxy) is 1. The van der Waals surface area contributed by atoms with Gasteiger partial charge in [0, 0.05) is 13.0 Å². The van der Waals surface area contributed by atoms with E-state index in [9.17, 15) is 0 Å². The number of nitrogens with zero attached hydrogens (tertiary/aromatic N) is 3. The van der Waals surface area contributed by atoms with Crippen LogP contribution in [0.4, 0.5) is 5.69 Å². The highest BCUT2D eigenvalue weighted by Crippen LogP contribution is 2.29. The van der Waals surface area contributed by atoms with Crippen LogP contribution >= 0.6 is 0 Å². The Balaban J connectivity index is 1.47. The van der Waals surface area contributed by atoms with E-state index in [0.717, 1.165) is 41.6 Å². The molecule has 0 radical (unpaired) electrons. The van der Waals surface area contributed by atoms with E-state index in [-0.39, 0.29) is 6.10 Å². The molecule has 26 heavy (non-hydrogen) atoms. The number of hydrogen-bond acceptors (Lipinski definition) is 4. The molecule has 1 atom stereocenters. The highest BCUT2D eigenvalue weighted by Gasteiger charge is 2.16. The second-order valence-corrected chi connectivity index (χ2v) is 6.66. The minimum atomic E-state index is -0.0139. The van der Waals surface area contributed by atoms with E-state index in [1.807, 2.05) is 42.5 Å². The third-order valence-corrected chi connectivity index (χ3v) is 4.83. The molecule has 134 valence electrons. The van der Waals surface area contributed by atoms with E-state index in [1.165, 1.54) is 12.8 Å². The first kappa shape index (κ1) is 16.6. The van der Waals surface area contributed by atoms with Crippen LogP contribution in [0.25, 0.3) is 0 Å². The fraction of sp³-hybridized carbons (Fsp3) is 0.333. The van der Waals surface area contributed by atoms with Crippen molar-refractivity contribution in [2.45, 2.75) is 45.4 Å². The van der Waals surface area contributed by atoms with Gasteiger partial charge >= 0.3 is 0 Å². The van der Waals surface area contributed by atoms with Crippen LogP contribution in [0, 0.1) is 0 Å². The molecule has 0 amide bonds. The van der Waals surface area contributed by atoms with Gasteiger partial charge in [0.2, 0.25) is 0 Å². The second-order valence-electron chi connectivity index (χ2n) is 6.66. The largest absolute Gasteiger partial charge is 0.484 e. The van der Waals surface area contributed by atoms with E-state index in [0.29, 0.717) is 6.54 Å². The maximum atomic E-state index is 6.21. The Morgan fingerprint density at radius 3 is 2.73 bits per heavy atom. The molecule has 4 rings (SSSR count). The molecule has 5 heteroatoms. The van der Waals surface area contributed by atoms with Crippen LogP contribution in [0.3, 0.4) is 0 Å². The number of anilines is 1. The Bertz CT molecular complexity index is 859. The first-order chi connectivity index (χ1) is 12.8. The molecule has 1 aromatic heterocycles. The van der Waals surface area contributed by atoms with Crippen LogP contribution in [0.15, 0.2) is 54.6 Å². The first-order valence-corrected chi connectivity index (χ1v) is 9.27. The van der Waals surface area contributed by atoms with Crippen LogP contribution in [0.2, 0.25) is 0 Å². The molecule has 2 aromatic carbocycles.